The summed E-state index contributed by atoms with van der Waals surface area (Å²) >= 11 is 1.67. The van der Waals surface area contributed by atoms with E-state index in [9.17, 15) is 0 Å². The number of benzene rings is 1. The van der Waals surface area contributed by atoms with E-state index in [4.69, 9.17) is 4.74 Å². The van der Waals surface area contributed by atoms with Gasteiger partial charge < -0.3 is 10.1 Å². The van der Waals surface area contributed by atoms with E-state index >= 15 is 0 Å². The molecule has 4 heteroatoms. The van der Waals surface area contributed by atoms with Crippen molar-refractivity contribution in [2.24, 2.45) is 0 Å². The summed E-state index contributed by atoms with van der Waals surface area (Å²) in [5.41, 5.74) is 2.08. The molecule has 0 fully saturated rings. The van der Waals surface area contributed by atoms with Crippen molar-refractivity contribution in [3.8, 4) is 5.75 Å². The first kappa shape index (κ1) is 11.9. The Morgan fingerprint density at radius 1 is 1.35 bits per heavy atom. The molecule has 0 radical (unpaired) electrons. The highest BCUT2D eigenvalue weighted by atomic mass is 32.1. The Bertz CT molecular complexity index is 482. The van der Waals surface area contributed by atoms with Gasteiger partial charge in [0.05, 0.1) is 29.5 Å². The third kappa shape index (κ3) is 3.20. The zero-order chi connectivity index (χ0) is 12.1. The Kier molecular flexibility index (Phi) is 3.98. The highest BCUT2D eigenvalue weighted by Gasteiger charge is 2.03. The summed E-state index contributed by atoms with van der Waals surface area (Å²) in [5.74, 6) is 0.891. The highest BCUT2D eigenvalue weighted by molar-refractivity contribution is 7.09. The van der Waals surface area contributed by atoms with E-state index in [1.165, 1.54) is 0 Å². The van der Waals surface area contributed by atoms with Crippen LogP contribution in [0, 0.1) is 6.92 Å². The third-order valence-electron chi connectivity index (χ3n) is 2.31. The lowest BCUT2D eigenvalue weighted by Crippen LogP contribution is -2.02. The van der Waals surface area contributed by atoms with Crippen LogP contribution < -0.4 is 10.1 Å². The first-order chi connectivity index (χ1) is 8.29. The van der Waals surface area contributed by atoms with Crippen molar-refractivity contribution in [3.05, 3.63) is 40.3 Å². The molecule has 1 N–H and O–H groups in total. The van der Waals surface area contributed by atoms with Gasteiger partial charge >= 0.3 is 0 Å². The van der Waals surface area contributed by atoms with Crippen LogP contribution in [0.3, 0.4) is 0 Å². The van der Waals surface area contributed by atoms with Crippen molar-refractivity contribution < 1.29 is 4.74 Å². The van der Waals surface area contributed by atoms with Gasteiger partial charge in [-0.3, -0.25) is 0 Å². The van der Waals surface area contributed by atoms with E-state index in [0.717, 1.165) is 28.7 Å². The Morgan fingerprint density at radius 2 is 2.18 bits per heavy atom. The molecule has 1 heterocycles. The Hall–Kier alpha value is -1.55. The maximum Gasteiger partial charge on any atom is 0.142 e. The maximum atomic E-state index is 5.55. The van der Waals surface area contributed by atoms with E-state index in [1.807, 2.05) is 38.1 Å². The first-order valence-electron chi connectivity index (χ1n) is 5.66. The second kappa shape index (κ2) is 5.68. The number of para-hydroxylation sites is 2. The number of hydrogen-bond donors (Lipinski definition) is 1. The van der Waals surface area contributed by atoms with Gasteiger partial charge in [0.15, 0.2) is 0 Å². The lowest BCUT2D eigenvalue weighted by molar-refractivity contribution is 0.341. The van der Waals surface area contributed by atoms with Crippen LogP contribution in [0.2, 0.25) is 0 Å². The Labute approximate surface area is 105 Å². The van der Waals surface area contributed by atoms with Crippen LogP contribution >= 0.6 is 11.3 Å². The van der Waals surface area contributed by atoms with Crippen LogP contribution in [0.15, 0.2) is 29.6 Å². The number of aryl methyl sites for hydroxylation is 1. The van der Waals surface area contributed by atoms with Crippen LogP contribution in [-0.4, -0.2) is 11.6 Å². The summed E-state index contributed by atoms with van der Waals surface area (Å²) < 4.78 is 5.55. The lowest BCUT2D eigenvalue weighted by atomic mass is 10.3. The van der Waals surface area contributed by atoms with E-state index in [1.54, 1.807) is 11.3 Å². The average Bonchev–Trinajstić information content (AvgIpc) is 2.74. The molecule has 0 aliphatic carbocycles. The fourth-order valence-corrected chi connectivity index (χ4v) is 2.18. The summed E-state index contributed by atoms with van der Waals surface area (Å²) in [6.07, 6.45) is 0. The van der Waals surface area contributed by atoms with Crippen LogP contribution in [0.1, 0.15) is 17.6 Å². The minimum absolute atomic E-state index is 0.675. The minimum atomic E-state index is 0.675. The molecule has 0 bridgehead atoms. The standard InChI is InChI=1S/C13H16N2OS/c1-3-16-13-7-5-4-6-12(13)14-8-11-9-17-10(2)15-11/h4-7,9,14H,3,8H2,1-2H3. The van der Waals surface area contributed by atoms with Gasteiger partial charge in [-0.2, -0.15) is 0 Å². The molecule has 0 saturated carbocycles. The predicted octanol–water partition coefficient (Wildman–Crippen LogP) is 3.46. The Balaban J connectivity index is 2.03. The molecule has 17 heavy (non-hydrogen) atoms. The fraction of sp³-hybridized carbons (Fsp3) is 0.308. The number of thiazole rings is 1. The van der Waals surface area contributed by atoms with Gasteiger partial charge in [0.25, 0.3) is 0 Å². The molecule has 90 valence electrons. The van der Waals surface area contributed by atoms with Gasteiger partial charge in [-0.05, 0) is 26.0 Å². The highest BCUT2D eigenvalue weighted by Crippen LogP contribution is 2.24. The molecule has 0 amide bonds. The molecular formula is C13H16N2OS. The van der Waals surface area contributed by atoms with E-state index in [2.05, 4.69) is 15.7 Å². The van der Waals surface area contributed by atoms with Gasteiger partial charge in [0, 0.05) is 5.38 Å². The molecule has 0 aliphatic heterocycles. The topological polar surface area (TPSA) is 34.1 Å². The van der Waals surface area contributed by atoms with E-state index < -0.39 is 0 Å². The summed E-state index contributed by atoms with van der Waals surface area (Å²) in [5, 5.41) is 6.52. The molecular weight excluding hydrogens is 232 g/mol. The molecule has 0 saturated heterocycles. The molecule has 0 atom stereocenters. The van der Waals surface area contributed by atoms with E-state index in [0.29, 0.717) is 6.61 Å². The Morgan fingerprint density at radius 3 is 2.88 bits per heavy atom. The number of aromatic nitrogens is 1. The maximum absolute atomic E-state index is 5.55. The molecule has 0 unspecified atom stereocenters. The van der Waals surface area contributed by atoms with Crippen LogP contribution in [0.4, 0.5) is 5.69 Å². The number of nitrogens with one attached hydrogen (secondary N) is 1. The number of rotatable bonds is 5. The smallest absolute Gasteiger partial charge is 0.142 e. The van der Waals surface area contributed by atoms with Crippen molar-refractivity contribution >= 4 is 17.0 Å². The summed E-state index contributed by atoms with van der Waals surface area (Å²) in [6.45, 7) is 5.41. The van der Waals surface area contributed by atoms with Crippen molar-refractivity contribution in [1.29, 1.82) is 0 Å². The van der Waals surface area contributed by atoms with Crippen LogP contribution in [0.25, 0.3) is 0 Å². The minimum Gasteiger partial charge on any atom is -0.492 e. The monoisotopic (exact) mass is 248 g/mol. The van der Waals surface area contributed by atoms with Gasteiger partial charge in [-0.15, -0.1) is 11.3 Å². The summed E-state index contributed by atoms with van der Waals surface area (Å²) in [4.78, 5) is 4.42. The van der Waals surface area contributed by atoms with Crippen molar-refractivity contribution in [2.45, 2.75) is 20.4 Å². The zero-order valence-electron chi connectivity index (χ0n) is 10.1. The SMILES string of the molecule is CCOc1ccccc1NCc1csc(C)n1. The molecule has 1 aromatic carbocycles. The molecule has 3 nitrogen and oxygen atoms in total. The molecule has 2 aromatic rings. The number of nitrogens with zero attached hydrogens (tertiary/aromatic N) is 1. The largest absolute Gasteiger partial charge is 0.492 e. The second-order valence-electron chi connectivity index (χ2n) is 3.64. The van der Waals surface area contributed by atoms with Crippen molar-refractivity contribution in [3.63, 3.8) is 0 Å². The van der Waals surface area contributed by atoms with Crippen molar-refractivity contribution in [1.82, 2.24) is 4.98 Å². The number of anilines is 1. The predicted molar refractivity (Wildman–Crippen MR) is 71.8 cm³/mol. The van der Waals surface area contributed by atoms with Gasteiger partial charge in [-0.25, -0.2) is 4.98 Å². The summed E-state index contributed by atoms with van der Waals surface area (Å²) in [7, 11) is 0. The average molecular weight is 248 g/mol. The summed E-state index contributed by atoms with van der Waals surface area (Å²) in [6, 6.07) is 7.96. The number of ether oxygens (including phenoxy) is 1. The molecule has 2 rings (SSSR count). The van der Waals surface area contributed by atoms with Gasteiger partial charge in [-0.1, -0.05) is 12.1 Å². The molecule has 0 spiro atoms. The fourth-order valence-electron chi connectivity index (χ4n) is 1.57. The molecule has 0 aliphatic rings. The lowest BCUT2D eigenvalue weighted by Gasteiger charge is -2.11. The van der Waals surface area contributed by atoms with E-state index in [-0.39, 0.29) is 0 Å². The quantitative estimate of drug-likeness (QED) is 0.879. The normalized spacial score (nSPS) is 10.2. The third-order valence-corrected chi connectivity index (χ3v) is 3.14. The van der Waals surface area contributed by atoms with Crippen LogP contribution in [-0.2, 0) is 6.54 Å². The number of hydrogen-bond acceptors (Lipinski definition) is 4. The van der Waals surface area contributed by atoms with Crippen LogP contribution in [0.5, 0.6) is 5.75 Å². The zero-order valence-corrected chi connectivity index (χ0v) is 10.9. The first-order valence-corrected chi connectivity index (χ1v) is 6.54. The van der Waals surface area contributed by atoms with Gasteiger partial charge in [0.1, 0.15) is 5.75 Å². The van der Waals surface area contributed by atoms with Crippen molar-refractivity contribution in [2.75, 3.05) is 11.9 Å². The molecule has 1 aromatic heterocycles. The van der Waals surface area contributed by atoms with Gasteiger partial charge in [0.2, 0.25) is 0 Å². The second-order valence-corrected chi connectivity index (χ2v) is 4.70.